The fraction of sp³-hybridized carbons (Fsp3) is 0.235. The van der Waals surface area contributed by atoms with Gasteiger partial charge in [-0.05, 0) is 35.9 Å². The average molecular weight is 368 g/mol. The summed E-state index contributed by atoms with van der Waals surface area (Å²) in [6.45, 7) is 4.37. The molecule has 0 unspecified atom stereocenters. The summed E-state index contributed by atoms with van der Waals surface area (Å²) in [6, 6.07) is 11.4. The summed E-state index contributed by atoms with van der Waals surface area (Å²) >= 11 is 3.34. The number of methoxy groups -OCH3 is 1. The first-order chi connectivity index (χ1) is 10.6. The molecule has 0 aliphatic carbocycles. The van der Waals surface area contributed by atoms with Crippen LogP contribution in [0.3, 0.4) is 0 Å². The summed E-state index contributed by atoms with van der Waals surface area (Å²) in [4.78, 5) is 12.0. The van der Waals surface area contributed by atoms with Crippen LogP contribution in [-0.2, 0) is 6.54 Å². The van der Waals surface area contributed by atoms with E-state index in [0.717, 1.165) is 16.1 Å². The van der Waals surface area contributed by atoms with Crippen LogP contribution in [0.15, 0.2) is 46.9 Å². The molecule has 2 rings (SSSR count). The lowest BCUT2D eigenvalue weighted by molar-refractivity contribution is 0.0947. The molecule has 22 heavy (non-hydrogen) atoms. The third-order valence-corrected chi connectivity index (χ3v) is 3.30. The number of amides is 1. The fourth-order valence-electron chi connectivity index (χ4n) is 1.74. The summed E-state index contributed by atoms with van der Waals surface area (Å²) in [5.41, 5.74) is 1.14. The first kappa shape index (κ1) is 18.2. The van der Waals surface area contributed by atoms with Crippen molar-refractivity contribution in [2.45, 2.75) is 20.4 Å². The molecular formula is C17H19BrFNO2. The second-order valence-electron chi connectivity index (χ2n) is 4.15. The summed E-state index contributed by atoms with van der Waals surface area (Å²) in [6.07, 6.45) is 0. The fourth-order valence-corrected chi connectivity index (χ4v) is 2.00. The molecule has 0 spiro atoms. The Labute approximate surface area is 138 Å². The van der Waals surface area contributed by atoms with Gasteiger partial charge in [-0.2, -0.15) is 0 Å². The molecule has 0 heterocycles. The van der Waals surface area contributed by atoms with Crippen LogP contribution in [0.1, 0.15) is 29.8 Å². The lowest BCUT2D eigenvalue weighted by atomic mass is 10.1. The van der Waals surface area contributed by atoms with Crippen LogP contribution in [-0.4, -0.2) is 13.0 Å². The largest absolute Gasteiger partial charge is 0.496 e. The molecule has 0 aliphatic rings. The molecule has 0 bridgehead atoms. The molecule has 3 nitrogen and oxygen atoms in total. The van der Waals surface area contributed by atoms with Crippen molar-refractivity contribution in [1.29, 1.82) is 0 Å². The first-order valence-corrected chi connectivity index (χ1v) is 7.75. The zero-order valence-corrected chi connectivity index (χ0v) is 14.4. The van der Waals surface area contributed by atoms with E-state index in [0.29, 0.717) is 12.3 Å². The highest BCUT2D eigenvalue weighted by Gasteiger charge is 2.13. The van der Waals surface area contributed by atoms with Crippen molar-refractivity contribution in [2.75, 3.05) is 7.11 Å². The van der Waals surface area contributed by atoms with Gasteiger partial charge in [0.05, 0.1) is 12.7 Å². The molecule has 2 aromatic rings. The van der Waals surface area contributed by atoms with Gasteiger partial charge in [0.1, 0.15) is 11.6 Å². The highest BCUT2D eigenvalue weighted by Crippen LogP contribution is 2.19. The molecule has 0 atom stereocenters. The van der Waals surface area contributed by atoms with Crippen LogP contribution >= 0.6 is 15.9 Å². The Bertz CT molecular complexity index is 615. The monoisotopic (exact) mass is 367 g/mol. The maximum atomic E-state index is 13.2. The van der Waals surface area contributed by atoms with E-state index in [1.165, 1.54) is 19.2 Å². The van der Waals surface area contributed by atoms with Gasteiger partial charge in [-0.3, -0.25) is 4.79 Å². The smallest absolute Gasteiger partial charge is 0.255 e. The van der Waals surface area contributed by atoms with E-state index in [9.17, 15) is 9.18 Å². The predicted molar refractivity (Wildman–Crippen MR) is 89.6 cm³/mol. The van der Waals surface area contributed by atoms with E-state index in [4.69, 9.17) is 4.74 Å². The van der Waals surface area contributed by atoms with E-state index in [1.807, 2.05) is 38.1 Å². The minimum atomic E-state index is -0.473. The number of halogens is 2. The van der Waals surface area contributed by atoms with E-state index in [2.05, 4.69) is 21.2 Å². The molecule has 2 aromatic carbocycles. The van der Waals surface area contributed by atoms with E-state index in [1.54, 1.807) is 0 Å². The molecule has 0 radical (unpaired) electrons. The quantitative estimate of drug-likeness (QED) is 0.860. The summed E-state index contributed by atoms with van der Waals surface area (Å²) < 4.78 is 19.2. The maximum absolute atomic E-state index is 13.2. The van der Waals surface area contributed by atoms with Gasteiger partial charge in [0.15, 0.2) is 0 Å². The molecule has 1 amide bonds. The lowest BCUT2D eigenvalue weighted by Crippen LogP contribution is -2.23. The van der Waals surface area contributed by atoms with Gasteiger partial charge in [0, 0.05) is 11.0 Å². The molecule has 5 heteroatoms. The molecule has 0 aromatic heterocycles. The van der Waals surface area contributed by atoms with Crippen molar-refractivity contribution in [3.8, 4) is 5.75 Å². The van der Waals surface area contributed by atoms with Gasteiger partial charge in [-0.25, -0.2) is 4.39 Å². The molecule has 118 valence electrons. The van der Waals surface area contributed by atoms with Crippen molar-refractivity contribution in [3.63, 3.8) is 0 Å². The Morgan fingerprint density at radius 2 is 1.82 bits per heavy atom. The number of carbonyl (C=O) groups is 1. The lowest BCUT2D eigenvalue weighted by Gasteiger charge is -2.09. The normalized spacial score (nSPS) is 9.50. The van der Waals surface area contributed by atoms with Crippen molar-refractivity contribution >= 4 is 21.8 Å². The van der Waals surface area contributed by atoms with Gasteiger partial charge in [0.2, 0.25) is 0 Å². The molecule has 0 saturated heterocycles. The Hall–Kier alpha value is -1.88. The molecule has 0 saturated carbocycles. The van der Waals surface area contributed by atoms with Gasteiger partial charge in [0.25, 0.3) is 5.91 Å². The van der Waals surface area contributed by atoms with Gasteiger partial charge in [-0.1, -0.05) is 41.9 Å². The SMILES string of the molecule is CC.COc1ccc(F)cc1C(=O)NCc1ccc(Br)cc1. The van der Waals surface area contributed by atoms with Crippen molar-refractivity contribution in [1.82, 2.24) is 5.32 Å². The van der Waals surface area contributed by atoms with Crippen molar-refractivity contribution < 1.29 is 13.9 Å². The third-order valence-electron chi connectivity index (χ3n) is 2.77. The number of nitrogens with one attached hydrogen (secondary N) is 1. The average Bonchev–Trinajstić information content (AvgIpc) is 2.56. The van der Waals surface area contributed by atoms with Crippen LogP contribution in [0.4, 0.5) is 4.39 Å². The second kappa shape index (κ2) is 9.20. The molecule has 0 fully saturated rings. The van der Waals surface area contributed by atoms with Gasteiger partial charge < -0.3 is 10.1 Å². The molecular weight excluding hydrogens is 349 g/mol. The topological polar surface area (TPSA) is 38.3 Å². The Kier molecular flexibility index (Phi) is 7.60. The number of rotatable bonds is 4. The number of carbonyl (C=O) groups excluding carboxylic acids is 1. The van der Waals surface area contributed by atoms with E-state index < -0.39 is 5.82 Å². The van der Waals surface area contributed by atoms with Crippen LogP contribution < -0.4 is 10.1 Å². The minimum absolute atomic E-state index is 0.185. The van der Waals surface area contributed by atoms with Crippen LogP contribution in [0.25, 0.3) is 0 Å². The van der Waals surface area contributed by atoms with Crippen molar-refractivity contribution in [3.05, 3.63) is 63.9 Å². The standard InChI is InChI=1S/C15H13BrFNO2.C2H6/c1-20-14-7-6-12(17)8-13(14)15(19)18-9-10-2-4-11(16)5-3-10;1-2/h2-8H,9H2,1H3,(H,18,19);1-2H3. The second-order valence-corrected chi connectivity index (χ2v) is 5.07. The number of benzene rings is 2. The van der Waals surface area contributed by atoms with Crippen LogP contribution in [0.2, 0.25) is 0 Å². The van der Waals surface area contributed by atoms with Crippen molar-refractivity contribution in [2.24, 2.45) is 0 Å². The van der Waals surface area contributed by atoms with Crippen LogP contribution in [0, 0.1) is 5.82 Å². The molecule has 0 aliphatic heterocycles. The Morgan fingerprint density at radius 3 is 2.41 bits per heavy atom. The van der Waals surface area contributed by atoms with E-state index >= 15 is 0 Å². The minimum Gasteiger partial charge on any atom is -0.496 e. The Morgan fingerprint density at radius 1 is 1.18 bits per heavy atom. The summed E-state index contributed by atoms with van der Waals surface area (Å²) in [5.74, 6) is -0.497. The number of ether oxygens (including phenoxy) is 1. The van der Waals surface area contributed by atoms with E-state index in [-0.39, 0.29) is 11.5 Å². The van der Waals surface area contributed by atoms with Crippen LogP contribution in [0.5, 0.6) is 5.75 Å². The first-order valence-electron chi connectivity index (χ1n) is 6.96. The highest BCUT2D eigenvalue weighted by molar-refractivity contribution is 9.10. The zero-order chi connectivity index (χ0) is 16.5. The van der Waals surface area contributed by atoms with Gasteiger partial charge >= 0.3 is 0 Å². The highest BCUT2D eigenvalue weighted by atomic mass is 79.9. The number of hydrogen-bond donors (Lipinski definition) is 1. The third kappa shape index (κ3) is 5.15. The predicted octanol–water partition coefficient (Wildman–Crippen LogP) is 4.55. The summed E-state index contributed by atoms with van der Waals surface area (Å²) in [7, 11) is 1.44. The number of hydrogen-bond acceptors (Lipinski definition) is 2. The van der Waals surface area contributed by atoms with Gasteiger partial charge in [-0.15, -0.1) is 0 Å². The zero-order valence-electron chi connectivity index (χ0n) is 12.8. The summed E-state index contributed by atoms with van der Waals surface area (Å²) in [5, 5.41) is 2.74. The maximum Gasteiger partial charge on any atom is 0.255 e. The molecule has 1 N–H and O–H groups in total. The Balaban J connectivity index is 0.00000116.